The molecule has 0 fully saturated rings. The van der Waals surface area contributed by atoms with E-state index in [9.17, 15) is 5.11 Å². The zero-order valence-corrected chi connectivity index (χ0v) is 10.3. The van der Waals surface area contributed by atoms with Crippen molar-refractivity contribution in [3.63, 3.8) is 0 Å². The Labute approximate surface area is 110 Å². The molecule has 0 aliphatic carbocycles. The summed E-state index contributed by atoms with van der Waals surface area (Å²) in [4.78, 5) is 9.29. The molecule has 1 aromatic heterocycles. The molecular formula is C13H15N5O. The van der Waals surface area contributed by atoms with Crippen LogP contribution in [0.4, 0.5) is 0 Å². The van der Waals surface area contributed by atoms with Crippen LogP contribution in [-0.2, 0) is 0 Å². The van der Waals surface area contributed by atoms with Gasteiger partial charge in [-0.2, -0.15) is 0 Å². The second kappa shape index (κ2) is 4.40. The van der Waals surface area contributed by atoms with Gasteiger partial charge in [0.25, 0.3) is 0 Å². The van der Waals surface area contributed by atoms with Gasteiger partial charge in [0.05, 0.1) is 23.2 Å². The molecule has 3 rings (SSSR count). The molecule has 1 aromatic carbocycles. The van der Waals surface area contributed by atoms with Gasteiger partial charge in [0.15, 0.2) is 0 Å². The Bertz CT molecular complexity index is 639. The number of aliphatic hydroxyl groups excluding tert-OH is 1. The number of aliphatic hydroxyl groups is 1. The van der Waals surface area contributed by atoms with Crippen molar-refractivity contribution in [2.75, 3.05) is 19.6 Å². The first-order valence-electron chi connectivity index (χ1n) is 6.12. The number of nitrogens with zero attached hydrogens (tertiary/aromatic N) is 2. The predicted octanol–water partition coefficient (Wildman–Crippen LogP) is 1.08. The monoisotopic (exact) mass is 257 g/mol. The molecule has 0 atom stereocenters. The number of aromatic nitrogens is 2. The number of benzene rings is 1. The minimum Gasteiger partial charge on any atom is -0.510 e. The summed E-state index contributed by atoms with van der Waals surface area (Å²) < 4.78 is 0. The SMILES string of the molecule is N=C1C(c2nc3ccccc3[nH]2)=C(O)CN1CCN. The Morgan fingerprint density at radius 3 is 2.95 bits per heavy atom. The standard InChI is InChI=1S/C13H15N5O/c14-5-6-18-7-10(19)11(12(18)15)13-16-8-3-1-2-4-9(8)17-13/h1-4,15,19H,5-7,14H2,(H,16,17). The smallest absolute Gasteiger partial charge is 0.145 e. The Morgan fingerprint density at radius 1 is 1.42 bits per heavy atom. The normalized spacial score (nSPS) is 15.8. The van der Waals surface area contributed by atoms with Crippen molar-refractivity contribution >= 4 is 22.4 Å². The fourth-order valence-electron chi connectivity index (χ4n) is 2.30. The number of amidine groups is 1. The summed E-state index contributed by atoms with van der Waals surface area (Å²) in [5.41, 5.74) is 7.68. The number of hydrogen-bond acceptors (Lipinski definition) is 4. The van der Waals surface area contributed by atoms with Crippen molar-refractivity contribution in [2.45, 2.75) is 0 Å². The van der Waals surface area contributed by atoms with Gasteiger partial charge in [0.1, 0.15) is 17.4 Å². The molecule has 0 saturated heterocycles. The molecule has 0 unspecified atom stereocenters. The van der Waals surface area contributed by atoms with Crippen LogP contribution in [0.2, 0.25) is 0 Å². The van der Waals surface area contributed by atoms with Gasteiger partial charge >= 0.3 is 0 Å². The molecular weight excluding hydrogens is 242 g/mol. The van der Waals surface area contributed by atoms with Crippen molar-refractivity contribution in [1.29, 1.82) is 5.41 Å². The van der Waals surface area contributed by atoms with Gasteiger partial charge in [-0.3, -0.25) is 5.41 Å². The molecule has 6 heteroatoms. The summed E-state index contributed by atoms with van der Waals surface area (Å²) in [5.74, 6) is 0.961. The number of para-hydroxylation sites is 2. The van der Waals surface area contributed by atoms with Crippen molar-refractivity contribution in [3.05, 3.63) is 35.8 Å². The largest absolute Gasteiger partial charge is 0.510 e. The lowest BCUT2D eigenvalue weighted by Gasteiger charge is -2.16. The quantitative estimate of drug-likeness (QED) is 0.660. The highest BCUT2D eigenvalue weighted by Crippen LogP contribution is 2.26. The van der Waals surface area contributed by atoms with Crippen LogP contribution in [0.3, 0.4) is 0 Å². The molecule has 6 nitrogen and oxygen atoms in total. The van der Waals surface area contributed by atoms with Crippen molar-refractivity contribution in [2.24, 2.45) is 5.73 Å². The number of nitrogens with one attached hydrogen (secondary N) is 2. The van der Waals surface area contributed by atoms with E-state index in [1.165, 1.54) is 0 Å². The third-order valence-electron chi connectivity index (χ3n) is 3.21. The third kappa shape index (κ3) is 1.86. The van der Waals surface area contributed by atoms with Crippen LogP contribution in [-0.4, -0.2) is 45.4 Å². The summed E-state index contributed by atoms with van der Waals surface area (Å²) in [7, 11) is 0. The van der Waals surface area contributed by atoms with Crippen LogP contribution in [0, 0.1) is 5.41 Å². The second-order valence-corrected chi connectivity index (χ2v) is 4.48. The Kier molecular flexibility index (Phi) is 2.72. The number of aromatic amines is 1. The summed E-state index contributed by atoms with van der Waals surface area (Å²) in [6.45, 7) is 1.32. The average Bonchev–Trinajstić information content (AvgIpc) is 2.91. The fraction of sp³-hybridized carbons (Fsp3) is 0.231. The summed E-state index contributed by atoms with van der Waals surface area (Å²) >= 11 is 0. The van der Waals surface area contributed by atoms with Gasteiger partial charge in [-0.05, 0) is 12.1 Å². The Morgan fingerprint density at radius 2 is 2.21 bits per heavy atom. The van der Waals surface area contributed by atoms with Crippen LogP contribution >= 0.6 is 0 Å². The highest BCUT2D eigenvalue weighted by Gasteiger charge is 2.29. The average molecular weight is 257 g/mol. The highest BCUT2D eigenvalue weighted by atomic mass is 16.3. The lowest BCUT2D eigenvalue weighted by Crippen LogP contribution is -2.31. The number of imidazole rings is 1. The van der Waals surface area contributed by atoms with Gasteiger partial charge in [-0.15, -0.1) is 0 Å². The predicted molar refractivity (Wildman–Crippen MR) is 74.0 cm³/mol. The summed E-state index contributed by atoms with van der Waals surface area (Å²) in [6.07, 6.45) is 0. The van der Waals surface area contributed by atoms with Crippen molar-refractivity contribution < 1.29 is 5.11 Å². The summed E-state index contributed by atoms with van der Waals surface area (Å²) in [6, 6.07) is 7.63. The van der Waals surface area contributed by atoms with E-state index in [1.807, 2.05) is 24.3 Å². The van der Waals surface area contributed by atoms with E-state index in [0.29, 0.717) is 31.0 Å². The molecule has 0 bridgehead atoms. The number of nitrogens with two attached hydrogens (primary N) is 1. The summed E-state index contributed by atoms with van der Waals surface area (Å²) in [5, 5.41) is 18.1. The zero-order valence-electron chi connectivity index (χ0n) is 10.3. The highest BCUT2D eigenvalue weighted by molar-refractivity contribution is 6.23. The lowest BCUT2D eigenvalue weighted by molar-refractivity contribution is 0.353. The molecule has 19 heavy (non-hydrogen) atoms. The molecule has 2 aromatic rings. The Balaban J connectivity index is 2.01. The van der Waals surface area contributed by atoms with Crippen LogP contribution in [0.25, 0.3) is 16.6 Å². The van der Waals surface area contributed by atoms with Crippen LogP contribution in [0.5, 0.6) is 0 Å². The van der Waals surface area contributed by atoms with Gasteiger partial charge in [0, 0.05) is 13.1 Å². The molecule has 0 saturated carbocycles. The maximum Gasteiger partial charge on any atom is 0.145 e. The molecule has 98 valence electrons. The van der Waals surface area contributed by atoms with E-state index in [1.54, 1.807) is 4.90 Å². The van der Waals surface area contributed by atoms with E-state index in [4.69, 9.17) is 11.1 Å². The minimum atomic E-state index is 0.164. The van der Waals surface area contributed by atoms with E-state index in [2.05, 4.69) is 9.97 Å². The van der Waals surface area contributed by atoms with Gasteiger partial charge < -0.3 is 20.7 Å². The van der Waals surface area contributed by atoms with Gasteiger partial charge in [-0.1, -0.05) is 12.1 Å². The van der Waals surface area contributed by atoms with Gasteiger partial charge in [-0.25, -0.2) is 4.98 Å². The van der Waals surface area contributed by atoms with Crippen LogP contribution < -0.4 is 5.73 Å². The molecule has 1 aliphatic rings. The molecule has 0 radical (unpaired) electrons. The first kappa shape index (κ1) is 11.7. The fourth-order valence-corrected chi connectivity index (χ4v) is 2.30. The van der Waals surface area contributed by atoms with E-state index < -0.39 is 0 Å². The number of H-pyrrole nitrogens is 1. The van der Waals surface area contributed by atoms with Crippen LogP contribution in [0.1, 0.15) is 5.82 Å². The third-order valence-corrected chi connectivity index (χ3v) is 3.21. The van der Waals surface area contributed by atoms with Crippen molar-refractivity contribution in [3.8, 4) is 0 Å². The van der Waals surface area contributed by atoms with Crippen molar-refractivity contribution in [1.82, 2.24) is 14.9 Å². The minimum absolute atomic E-state index is 0.164. The lowest BCUT2D eigenvalue weighted by atomic mass is 10.2. The maximum absolute atomic E-state index is 10.0. The first-order valence-corrected chi connectivity index (χ1v) is 6.12. The van der Waals surface area contributed by atoms with E-state index >= 15 is 0 Å². The molecule has 2 heterocycles. The first-order chi connectivity index (χ1) is 9.20. The second-order valence-electron chi connectivity index (χ2n) is 4.48. The number of hydrogen-bond donors (Lipinski definition) is 4. The topological polar surface area (TPSA) is 102 Å². The maximum atomic E-state index is 10.0. The Hall–Kier alpha value is -2.34. The zero-order chi connectivity index (χ0) is 13.4. The molecule has 1 aliphatic heterocycles. The molecule has 0 amide bonds. The van der Waals surface area contributed by atoms with Gasteiger partial charge in [0.2, 0.25) is 0 Å². The molecule has 5 N–H and O–H groups in total. The molecule has 0 spiro atoms. The number of rotatable bonds is 3. The van der Waals surface area contributed by atoms with Crippen LogP contribution in [0.15, 0.2) is 30.0 Å². The van der Waals surface area contributed by atoms with E-state index in [0.717, 1.165) is 11.0 Å². The number of fused-ring (bicyclic) bond motifs is 1. The van der Waals surface area contributed by atoms with E-state index in [-0.39, 0.29) is 11.6 Å².